The summed E-state index contributed by atoms with van der Waals surface area (Å²) in [7, 11) is 2.16. The summed E-state index contributed by atoms with van der Waals surface area (Å²) in [5.41, 5.74) is 2.94. The topological polar surface area (TPSA) is 15.3 Å². The molecular weight excluding hydrogens is 220 g/mol. The molecule has 0 amide bonds. The predicted octanol–water partition coefficient (Wildman–Crippen LogP) is 3.46. The first-order valence-electron chi connectivity index (χ1n) is 6.97. The van der Waals surface area contributed by atoms with Crippen molar-refractivity contribution in [2.45, 2.75) is 46.1 Å². The van der Waals surface area contributed by atoms with E-state index in [9.17, 15) is 0 Å². The van der Waals surface area contributed by atoms with E-state index in [4.69, 9.17) is 0 Å². The summed E-state index contributed by atoms with van der Waals surface area (Å²) in [5.74, 6) is 0. The van der Waals surface area contributed by atoms with Gasteiger partial charge in [-0.3, -0.25) is 0 Å². The Morgan fingerprint density at radius 1 is 1.11 bits per heavy atom. The molecular formula is C16H28N2. The van der Waals surface area contributed by atoms with Crippen LogP contribution in [0.3, 0.4) is 0 Å². The van der Waals surface area contributed by atoms with Crippen LogP contribution in [0.2, 0.25) is 0 Å². The second-order valence-corrected chi connectivity index (χ2v) is 5.97. The maximum absolute atomic E-state index is 3.52. The van der Waals surface area contributed by atoms with Gasteiger partial charge in [0.25, 0.3) is 0 Å². The van der Waals surface area contributed by atoms with Crippen LogP contribution < -0.4 is 10.2 Å². The number of nitrogens with one attached hydrogen (secondary N) is 1. The molecule has 0 heterocycles. The van der Waals surface area contributed by atoms with Gasteiger partial charge < -0.3 is 10.2 Å². The summed E-state index contributed by atoms with van der Waals surface area (Å²) in [6.45, 7) is 11.0. The summed E-state index contributed by atoms with van der Waals surface area (Å²) in [6.07, 6.45) is 2.28. The van der Waals surface area contributed by atoms with Crippen molar-refractivity contribution in [1.29, 1.82) is 0 Å². The highest BCUT2D eigenvalue weighted by Gasteiger charge is 2.07. The SMILES string of the molecule is CCc1ccc(N(C)CCCNC(C)(C)C)cc1. The summed E-state index contributed by atoms with van der Waals surface area (Å²) >= 11 is 0. The Morgan fingerprint density at radius 3 is 2.22 bits per heavy atom. The molecule has 0 radical (unpaired) electrons. The highest BCUT2D eigenvalue weighted by molar-refractivity contribution is 5.46. The molecule has 18 heavy (non-hydrogen) atoms. The van der Waals surface area contributed by atoms with E-state index in [-0.39, 0.29) is 5.54 Å². The standard InChI is InChI=1S/C16H28N2/c1-6-14-8-10-15(11-9-14)18(5)13-7-12-17-16(2,3)4/h8-11,17H,6-7,12-13H2,1-5H3. The molecule has 0 saturated heterocycles. The van der Waals surface area contributed by atoms with Gasteiger partial charge >= 0.3 is 0 Å². The van der Waals surface area contributed by atoms with Crippen molar-refractivity contribution in [3.63, 3.8) is 0 Å². The van der Waals surface area contributed by atoms with Gasteiger partial charge in [0.2, 0.25) is 0 Å². The molecule has 0 spiro atoms. The number of aryl methyl sites for hydroxylation is 1. The number of nitrogens with zero attached hydrogens (tertiary/aromatic N) is 1. The fraction of sp³-hybridized carbons (Fsp3) is 0.625. The van der Waals surface area contributed by atoms with Crippen LogP contribution in [-0.4, -0.2) is 25.7 Å². The van der Waals surface area contributed by atoms with Gasteiger partial charge in [-0.2, -0.15) is 0 Å². The summed E-state index contributed by atoms with van der Waals surface area (Å²) in [6, 6.07) is 8.88. The van der Waals surface area contributed by atoms with Crippen LogP contribution >= 0.6 is 0 Å². The third-order valence-electron chi connectivity index (χ3n) is 3.11. The van der Waals surface area contributed by atoms with E-state index < -0.39 is 0 Å². The zero-order valence-electron chi connectivity index (χ0n) is 12.6. The Morgan fingerprint density at radius 2 is 1.72 bits per heavy atom. The lowest BCUT2D eigenvalue weighted by Gasteiger charge is -2.23. The van der Waals surface area contributed by atoms with Gasteiger partial charge in [0, 0.05) is 24.8 Å². The monoisotopic (exact) mass is 248 g/mol. The molecule has 1 aromatic carbocycles. The van der Waals surface area contributed by atoms with Crippen LogP contribution in [0, 0.1) is 0 Å². The lowest BCUT2D eigenvalue weighted by atomic mass is 10.1. The number of benzene rings is 1. The first kappa shape index (κ1) is 15.0. The lowest BCUT2D eigenvalue weighted by Crippen LogP contribution is -2.37. The molecule has 2 nitrogen and oxygen atoms in total. The summed E-state index contributed by atoms with van der Waals surface area (Å²) in [4.78, 5) is 2.32. The first-order chi connectivity index (χ1) is 8.42. The van der Waals surface area contributed by atoms with Crippen molar-refractivity contribution in [2.75, 3.05) is 25.0 Å². The van der Waals surface area contributed by atoms with Gasteiger partial charge in [-0.05, 0) is 57.9 Å². The van der Waals surface area contributed by atoms with E-state index in [0.29, 0.717) is 0 Å². The minimum atomic E-state index is 0.224. The molecule has 0 bridgehead atoms. The van der Waals surface area contributed by atoms with Crippen LogP contribution in [0.15, 0.2) is 24.3 Å². The van der Waals surface area contributed by atoms with Gasteiger partial charge in [0.05, 0.1) is 0 Å². The Kier molecular flexibility index (Phi) is 5.67. The van der Waals surface area contributed by atoms with Gasteiger partial charge in [0.15, 0.2) is 0 Å². The molecule has 0 unspecified atom stereocenters. The third kappa shape index (κ3) is 5.54. The van der Waals surface area contributed by atoms with Crippen molar-refractivity contribution in [2.24, 2.45) is 0 Å². The average Bonchev–Trinajstić information content (AvgIpc) is 2.33. The van der Waals surface area contributed by atoms with E-state index in [1.54, 1.807) is 0 Å². The third-order valence-corrected chi connectivity index (χ3v) is 3.11. The number of rotatable bonds is 6. The molecule has 2 heteroatoms. The zero-order chi connectivity index (χ0) is 13.6. The van der Waals surface area contributed by atoms with Crippen molar-refractivity contribution in [3.05, 3.63) is 29.8 Å². The molecule has 0 fully saturated rings. The van der Waals surface area contributed by atoms with Crippen molar-refractivity contribution in [1.82, 2.24) is 5.32 Å². The summed E-state index contributed by atoms with van der Waals surface area (Å²) in [5, 5.41) is 3.52. The van der Waals surface area contributed by atoms with Gasteiger partial charge in [-0.25, -0.2) is 0 Å². The number of anilines is 1. The van der Waals surface area contributed by atoms with E-state index in [1.807, 2.05) is 0 Å². The van der Waals surface area contributed by atoms with E-state index in [0.717, 1.165) is 19.5 Å². The fourth-order valence-corrected chi connectivity index (χ4v) is 1.89. The van der Waals surface area contributed by atoms with Gasteiger partial charge in [-0.15, -0.1) is 0 Å². The molecule has 0 aliphatic heterocycles. The Labute approximate surface area is 112 Å². The quantitative estimate of drug-likeness (QED) is 0.776. The Balaban J connectivity index is 2.33. The Hall–Kier alpha value is -1.02. The second-order valence-electron chi connectivity index (χ2n) is 5.97. The van der Waals surface area contributed by atoms with E-state index in [2.05, 4.69) is 69.2 Å². The maximum Gasteiger partial charge on any atom is 0.0363 e. The van der Waals surface area contributed by atoms with Gasteiger partial charge in [-0.1, -0.05) is 19.1 Å². The molecule has 0 aliphatic rings. The molecule has 0 atom stereocenters. The highest BCUT2D eigenvalue weighted by atomic mass is 15.1. The maximum atomic E-state index is 3.52. The van der Waals surface area contributed by atoms with Gasteiger partial charge in [0.1, 0.15) is 0 Å². The fourth-order valence-electron chi connectivity index (χ4n) is 1.89. The minimum absolute atomic E-state index is 0.224. The van der Waals surface area contributed by atoms with Crippen molar-refractivity contribution < 1.29 is 0 Å². The highest BCUT2D eigenvalue weighted by Crippen LogP contribution is 2.14. The summed E-state index contributed by atoms with van der Waals surface area (Å²) < 4.78 is 0. The molecule has 0 aromatic heterocycles. The van der Waals surface area contributed by atoms with Crippen molar-refractivity contribution in [3.8, 4) is 0 Å². The molecule has 0 saturated carbocycles. The molecule has 0 aliphatic carbocycles. The van der Waals surface area contributed by atoms with Crippen LogP contribution in [0.1, 0.15) is 39.7 Å². The van der Waals surface area contributed by atoms with Crippen LogP contribution in [0.25, 0.3) is 0 Å². The Bertz CT molecular complexity index is 335. The smallest absolute Gasteiger partial charge is 0.0363 e. The lowest BCUT2D eigenvalue weighted by molar-refractivity contribution is 0.423. The number of hydrogen-bond acceptors (Lipinski definition) is 2. The average molecular weight is 248 g/mol. The largest absolute Gasteiger partial charge is 0.375 e. The van der Waals surface area contributed by atoms with Crippen LogP contribution in [0.5, 0.6) is 0 Å². The number of hydrogen-bond donors (Lipinski definition) is 1. The van der Waals surface area contributed by atoms with E-state index >= 15 is 0 Å². The molecule has 102 valence electrons. The van der Waals surface area contributed by atoms with E-state index in [1.165, 1.54) is 17.7 Å². The van der Waals surface area contributed by atoms with Crippen molar-refractivity contribution >= 4 is 5.69 Å². The molecule has 1 N–H and O–H groups in total. The normalized spacial score (nSPS) is 11.6. The second kappa shape index (κ2) is 6.79. The predicted molar refractivity (Wildman–Crippen MR) is 81.5 cm³/mol. The first-order valence-corrected chi connectivity index (χ1v) is 6.97. The molecule has 1 aromatic rings. The zero-order valence-corrected chi connectivity index (χ0v) is 12.6. The minimum Gasteiger partial charge on any atom is -0.375 e. The van der Waals surface area contributed by atoms with Crippen LogP contribution in [0.4, 0.5) is 5.69 Å². The van der Waals surface area contributed by atoms with Crippen LogP contribution in [-0.2, 0) is 6.42 Å². The molecule has 1 rings (SSSR count).